The summed E-state index contributed by atoms with van der Waals surface area (Å²) < 4.78 is 4.36. The van der Waals surface area contributed by atoms with Crippen LogP contribution >= 0.6 is 12.4 Å². The topological polar surface area (TPSA) is 9.23 Å². The Balaban J connectivity index is 0.000000403. The molecule has 0 aliphatic heterocycles. The van der Waals surface area contributed by atoms with Crippen molar-refractivity contribution in [2.45, 2.75) is 6.42 Å². The molecule has 3 rings (SSSR count). The molecule has 0 saturated carbocycles. The number of benzene rings is 3. The molecule has 0 unspecified atom stereocenters. The Morgan fingerprint density at radius 2 is 1.30 bits per heavy atom. The van der Waals surface area contributed by atoms with E-state index in [0.717, 1.165) is 6.42 Å². The van der Waals surface area contributed by atoms with E-state index >= 15 is 0 Å². The molecular weight excluding hydrogens is 352 g/mol. The van der Waals surface area contributed by atoms with Crippen LogP contribution in [-0.4, -0.2) is 0 Å². The van der Waals surface area contributed by atoms with Gasteiger partial charge in [-0.1, -0.05) is 105 Å². The van der Waals surface area contributed by atoms with Crippen LogP contribution in [0.5, 0.6) is 0 Å². The van der Waals surface area contributed by atoms with E-state index in [1.165, 1.54) is 34.4 Å². The molecule has 0 radical (unpaired) electrons. The van der Waals surface area contributed by atoms with E-state index in [1.54, 1.807) is 0 Å². The third-order valence-electron chi connectivity index (χ3n) is 3.46. The van der Waals surface area contributed by atoms with Crippen LogP contribution in [0.4, 0.5) is 0 Å². The summed E-state index contributed by atoms with van der Waals surface area (Å²) in [6.07, 6.45) is 7.40. The van der Waals surface area contributed by atoms with Crippen molar-refractivity contribution in [1.82, 2.24) is 0 Å². The van der Waals surface area contributed by atoms with E-state index in [2.05, 4.69) is 85.6 Å². The SMILES string of the molecule is C=CCc1ccccc1.C=COC=C.C=Cc1cccc2ccccc12.Cl. The van der Waals surface area contributed by atoms with Crippen LogP contribution in [0.1, 0.15) is 11.1 Å². The maximum Gasteiger partial charge on any atom is 0.0829 e. The van der Waals surface area contributed by atoms with Crippen molar-refractivity contribution in [3.63, 3.8) is 0 Å². The second kappa shape index (κ2) is 15.2. The zero-order chi connectivity index (χ0) is 19.0. The Hall–Kier alpha value is -3.03. The molecule has 3 aromatic carbocycles. The van der Waals surface area contributed by atoms with Gasteiger partial charge >= 0.3 is 0 Å². The monoisotopic (exact) mass is 378 g/mol. The first-order valence-electron chi connectivity index (χ1n) is 8.39. The fourth-order valence-corrected chi connectivity index (χ4v) is 2.28. The Bertz CT molecular complexity index is 811. The average molecular weight is 379 g/mol. The van der Waals surface area contributed by atoms with Crippen LogP contribution in [0, 0.1) is 0 Å². The second-order valence-corrected chi connectivity index (χ2v) is 5.22. The molecule has 0 bridgehead atoms. The third-order valence-corrected chi connectivity index (χ3v) is 3.46. The van der Waals surface area contributed by atoms with Crippen molar-refractivity contribution in [1.29, 1.82) is 0 Å². The minimum Gasteiger partial charge on any atom is -0.474 e. The predicted molar refractivity (Wildman–Crippen MR) is 123 cm³/mol. The van der Waals surface area contributed by atoms with Crippen molar-refractivity contribution in [2.24, 2.45) is 0 Å². The molecule has 0 saturated heterocycles. The molecule has 0 aromatic heterocycles. The van der Waals surface area contributed by atoms with E-state index in [1.807, 2.05) is 30.4 Å². The van der Waals surface area contributed by atoms with Gasteiger partial charge in [-0.15, -0.1) is 19.0 Å². The van der Waals surface area contributed by atoms with E-state index < -0.39 is 0 Å². The van der Waals surface area contributed by atoms with Gasteiger partial charge in [0.1, 0.15) is 0 Å². The first-order chi connectivity index (χ1) is 12.8. The van der Waals surface area contributed by atoms with Gasteiger partial charge in [-0.25, -0.2) is 0 Å². The third kappa shape index (κ3) is 9.29. The minimum atomic E-state index is 0. The summed E-state index contributed by atoms with van der Waals surface area (Å²) in [5.74, 6) is 0. The first-order valence-corrected chi connectivity index (χ1v) is 8.39. The van der Waals surface area contributed by atoms with Gasteiger partial charge in [0.15, 0.2) is 0 Å². The molecule has 0 heterocycles. The Kier molecular flexibility index (Phi) is 13.5. The average Bonchev–Trinajstić information content (AvgIpc) is 2.70. The molecule has 0 amide bonds. The molecule has 0 fully saturated rings. The van der Waals surface area contributed by atoms with Gasteiger partial charge in [0.2, 0.25) is 0 Å². The maximum atomic E-state index is 4.36. The molecule has 2 heteroatoms. The molecular formula is C25H27ClO. The fraction of sp³-hybridized carbons (Fsp3) is 0.0400. The van der Waals surface area contributed by atoms with Gasteiger partial charge in [0, 0.05) is 0 Å². The van der Waals surface area contributed by atoms with Crippen LogP contribution in [0.15, 0.2) is 118 Å². The number of halogens is 1. The van der Waals surface area contributed by atoms with Crippen LogP contribution in [0.25, 0.3) is 16.8 Å². The van der Waals surface area contributed by atoms with Crippen molar-refractivity contribution in [2.75, 3.05) is 0 Å². The maximum absolute atomic E-state index is 4.36. The number of hydrogen-bond acceptors (Lipinski definition) is 1. The summed E-state index contributed by atoms with van der Waals surface area (Å²) in [4.78, 5) is 0. The van der Waals surface area contributed by atoms with E-state index in [-0.39, 0.29) is 12.4 Å². The molecule has 0 spiro atoms. The molecule has 27 heavy (non-hydrogen) atoms. The van der Waals surface area contributed by atoms with Crippen molar-refractivity contribution >= 4 is 29.3 Å². The second-order valence-electron chi connectivity index (χ2n) is 5.22. The number of ether oxygens (including phenoxy) is 1. The van der Waals surface area contributed by atoms with Gasteiger partial charge in [-0.3, -0.25) is 0 Å². The van der Waals surface area contributed by atoms with Gasteiger partial charge in [0.05, 0.1) is 12.5 Å². The zero-order valence-corrected chi connectivity index (χ0v) is 16.4. The van der Waals surface area contributed by atoms with Crippen LogP contribution < -0.4 is 0 Å². The first kappa shape index (κ1) is 24.0. The minimum absolute atomic E-state index is 0. The summed E-state index contributed by atoms with van der Waals surface area (Å²) in [5.41, 5.74) is 2.53. The summed E-state index contributed by atoms with van der Waals surface area (Å²) in [7, 11) is 0. The fourth-order valence-electron chi connectivity index (χ4n) is 2.28. The van der Waals surface area contributed by atoms with Gasteiger partial charge in [-0.05, 0) is 28.3 Å². The summed E-state index contributed by atoms with van der Waals surface area (Å²) in [5, 5.41) is 2.55. The highest BCUT2D eigenvalue weighted by Gasteiger charge is 1.93. The van der Waals surface area contributed by atoms with Gasteiger partial charge in [-0.2, -0.15) is 0 Å². The van der Waals surface area contributed by atoms with Gasteiger partial charge in [0.25, 0.3) is 0 Å². The van der Waals surface area contributed by atoms with Crippen molar-refractivity contribution in [3.05, 3.63) is 129 Å². The highest BCUT2D eigenvalue weighted by molar-refractivity contribution is 5.90. The number of hydrogen-bond donors (Lipinski definition) is 0. The normalized spacial score (nSPS) is 8.44. The van der Waals surface area contributed by atoms with Crippen LogP contribution in [0.2, 0.25) is 0 Å². The molecule has 0 N–H and O–H groups in total. The highest BCUT2D eigenvalue weighted by Crippen LogP contribution is 2.18. The number of fused-ring (bicyclic) bond motifs is 1. The largest absolute Gasteiger partial charge is 0.474 e. The molecule has 140 valence electrons. The van der Waals surface area contributed by atoms with E-state index in [0.29, 0.717) is 0 Å². The molecule has 1 nitrogen and oxygen atoms in total. The lowest BCUT2D eigenvalue weighted by Crippen LogP contribution is -1.75. The lowest BCUT2D eigenvalue weighted by atomic mass is 10.1. The summed E-state index contributed by atoms with van der Waals surface area (Å²) in [6.45, 7) is 14.0. The Morgan fingerprint density at radius 3 is 1.85 bits per heavy atom. The lowest BCUT2D eigenvalue weighted by Gasteiger charge is -1.99. The zero-order valence-electron chi connectivity index (χ0n) is 15.6. The predicted octanol–water partition coefficient (Wildman–Crippen LogP) is 7.61. The van der Waals surface area contributed by atoms with Crippen molar-refractivity contribution in [3.8, 4) is 0 Å². The molecule has 0 aliphatic carbocycles. The number of allylic oxidation sites excluding steroid dienone is 1. The molecule has 0 atom stereocenters. The number of rotatable bonds is 5. The van der Waals surface area contributed by atoms with E-state index in [9.17, 15) is 0 Å². The summed E-state index contributed by atoms with van der Waals surface area (Å²) >= 11 is 0. The smallest absolute Gasteiger partial charge is 0.0829 e. The Labute approximate surface area is 169 Å². The molecule has 3 aromatic rings. The van der Waals surface area contributed by atoms with Gasteiger partial charge < -0.3 is 4.74 Å². The lowest BCUT2D eigenvalue weighted by molar-refractivity contribution is 0.406. The van der Waals surface area contributed by atoms with Crippen LogP contribution in [-0.2, 0) is 11.2 Å². The highest BCUT2D eigenvalue weighted by atomic mass is 35.5. The standard InChI is InChI=1S/C12H10.C9H10.C4H6O.ClH/c1-2-10-7-5-8-11-6-3-4-9-12(10)11;1-2-6-9-7-4-3-5-8-9;1-3-5-4-2;/h2-9H,1H2;2-5,7-8H,1,6H2;3-4H,1-2H2;1H. The molecule has 0 aliphatic rings. The van der Waals surface area contributed by atoms with Crippen LogP contribution in [0.3, 0.4) is 0 Å². The van der Waals surface area contributed by atoms with Crippen molar-refractivity contribution < 1.29 is 4.74 Å². The summed E-state index contributed by atoms with van der Waals surface area (Å²) in [6, 6.07) is 24.9. The Morgan fingerprint density at radius 1 is 0.704 bits per heavy atom. The van der Waals surface area contributed by atoms with E-state index in [4.69, 9.17) is 0 Å². The quantitative estimate of drug-likeness (QED) is 0.328.